The fourth-order valence-electron chi connectivity index (χ4n) is 1.58. The molecule has 1 heterocycles. The van der Waals surface area contributed by atoms with Crippen LogP contribution in [0.4, 0.5) is 4.79 Å². The highest BCUT2D eigenvalue weighted by Gasteiger charge is 2.16. The van der Waals surface area contributed by atoms with Gasteiger partial charge in [0.15, 0.2) is 0 Å². The number of ether oxygens (including phenoxy) is 2. The fourth-order valence-corrected chi connectivity index (χ4v) is 1.88. The molecule has 1 N–H and O–H groups in total. The standard InChI is InChI=1S/C12H11ClN2O4/c1-7-4-3-5-8(13)11(7)15-10(16)6-9(14-15)19-12(17)18-2/h3-6,16H,1-2H3. The third kappa shape index (κ3) is 2.63. The number of benzene rings is 1. The lowest BCUT2D eigenvalue weighted by Crippen LogP contribution is -2.08. The second-order valence-corrected chi connectivity index (χ2v) is 4.12. The zero-order chi connectivity index (χ0) is 14.0. The first-order valence-corrected chi connectivity index (χ1v) is 5.71. The maximum Gasteiger partial charge on any atom is 0.514 e. The lowest BCUT2D eigenvalue weighted by atomic mass is 10.2. The topological polar surface area (TPSA) is 73.6 Å². The second kappa shape index (κ2) is 5.19. The Morgan fingerprint density at radius 1 is 1.47 bits per heavy atom. The van der Waals surface area contributed by atoms with Gasteiger partial charge < -0.3 is 14.6 Å². The van der Waals surface area contributed by atoms with Crippen molar-refractivity contribution in [3.63, 3.8) is 0 Å². The Bertz CT molecular complexity index is 604. The molecule has 0 radical (unpaired) electrons. The number of aromatic hydroxyl groups is 1. The Balaban J connectivity index is 2.43. The van der Waals surface area contributed by atoms with E-state index >= 15 is 0 Å². The monoisotopic (exact) mass is 282 g/mol. The smallest absolute Gasteiger partial charge is 0.493 e. The summed E-state index contributed by atoms with van der Waals surface area (Å²) in [6.45, 7) is 1.82. The number of carbonyl (C=O) groups excluding carboxylic acids is 1. The van der Waals surface area contributed by atoms with E-state index in [1.807, 2.05) is 13.0 Å². The van der Waals surface area contributed by atoms with Crippen LogP contribution in [0.5, 0.6) is 11.8 Å². The van der Waals surface area contributed by atoms with E-state index in [4.69, 9.17) is 16.3 Å². The molecule has 0 fully saturated rings. The largest absolute Gasteiger partial charge is 0.514 e. The van der Waals surface area contributed by atoms with Crippen molar-refractivity contribution in [1.82, 2.24) is 9.78 Å². The third-order valence-corrected chi connectivity index (χ3v) is 2.73. The van der Waals surface area contributed by atoms with Crippen molar-refractivity contribution in [3.05, 3.63) is 34.9 Å². The van der Waals surface area contributed by atoms with Gasteiger partial charge in [-0.2, -0.15) is 4.68 Å². The van der Waals surface area contributed by atoms with Crippen molar-refractivity contribution in [2.45, 2.75) is 6.92 Å². The predicted molar refractivity (Wildman–Crippen MR) is 68.0 cm³/mol. The minimum Gasteiger partial charge on any atom is -0.493 e. The number of aryl methyl sites for hydroxylation is 1. The molecule has 0 amide bonds. The van der Waals surface area contributed by atoms with Crippen LogP contribution in [-0.2, 0) is 4.74 Å². The highest BCUT2D eigenvalue weighted by Crippen LogP contribution is 2.29. The first kappa shape index (κ1) is 13.2. The van der Waals surface area contributed by atoms with Gasteiger partial charge in [-0.1, -0.05) is 23.7 Å². The van der Waals surface area contributed by atoms with Gasteiger partial charge >= 0.3 is 6.16 Å². The maximum absolute atomic E-state index is 11.0. The SMILES string of the molecule is COC(=O)Oc1cc(O)n(-c2c(C)cccc2Cl)n1. The number of hydrogen-bond acceptors (Lipinski definition) is 5. The van der Waals surface area contributed by atoms with Crippen LogP contribution in [0, 0.1) is 6.92 Å². The lowest BCUT2D eigenvalue weighted by Gasteiger charge is -2.08. The summed E-state index contributed by atoms with van der Waals surface area (Å²) in [5, 5.41) is 14.2. The summed E-state index contributed by atoms with van der Waals surface area (Å²) in [4.78, 5) is 11.0. The van der Waals surface area contributed by atoms with E-state index in [0.29, 0.717) is 10.7 Å². The zero-order valence-corrected chi connectivity index (χ0v) is 11.0. The van der Waals surface area contributed by atoms with E-state index in [2.05, 4.69) is 9.84 Å². The summed E-state index contributed by atoms with van der Waals surface area (Å²) in [7, 11) is 1.18. The molecule has 0 unspecified atom stereocenters. The number of hydrogen-bond donors (Lipinski definition) is 1. The first-order chi connectivity index (χ1) is 9.02. The Labute approximate surface area is 114 Å². The number of rotatable bonds is 2. The summed E-state index contributed by atoms with van der Waals surface area (Å²) < 4.78 is 10.3. The molecule has 2 aromatic rings. The van der Waals surface area contributed by atoms with Crippen LogP contribution < -0.4 is 4.74 Å². The number of methoxy groups -OCH3 is 1. The van der Waals surface area contributed by atoms with Gasteiger partial charge in [-0.3, -0.25) is 0 Å². The molecule has 0 saturated carbocycles. The van der Waals surface area contributed by atoms with E-state index in [1.165, 1.54) is 17.9 Å². The normalized spacial score (nSPS) is 10.3. The number of aromatic nitrogens is 2. The van der Waals surface area contributed by atoms with Crippen molar-refractivity contribution in [2.75, 3.05) is 7.11 Å². The molecule has 0 spiro atoms. The Morgan fingerprint density at radius 3 is 2.84 bits per heavy atom. The van der Waals surface area contributed by atoms with Gasteiger partial charge in [0.25, 0.3) is 0 Å². The van der Waals surface area contributed by atoms with Gasteiger partial charge in [0.1, 0.15) is 0 Å². The molecule has 0 atom stereocenters. The molecule has 1 aromatic heterocycles. The molecule has 7 heteroatoms. The molecule has 0 saturated heterocycles. The predicted octanol–water partition coefficient (Wildman–Crippen LogP) is 2.68. The van der Waals surface area contributed by atoms with Crippen molar-refractivity contribution in [1.29, 1.82) is 0 Å². The number of para-hydroxylation sites is 1. The highest BCUT2D eigenvalue weighted by atomic mass is 35.5. The van der Waals surface area contributed by atoms with Gasteiger partial charge in [0.05, 0.1) is 23.9 Å². The van der Waals surface area contributed by atoms with Crippen molar-refractivity contribution < 1.29 is 19.4 Å². The van der Waals surface area contributed by atoms with E-state index in [-0.39, 0.29) is 11.8 Å². The number of nitrogens with zero attached hydrogens (tertiary/aromatic N) is 2. The highest BCUT2D eigenvalue weighted by molar-refractivity contribution is 6.32. The van der Waals surface area contributed by atoms with Crippen molar-refractivity contribution in [2.24, 2.45) is 0 Å². The van der Waals surface area contributed by atoms with Gasteiger partial charge in [-0.15, -0.1) is 5.10 Å². The van der Waals surface area contributed by atoms with Gasteiger partial charge in [0, 0.05) is 0 Å². The number of halogens is 1. The van der Waals surface area contributed by atoms with Crippen LogP contribution in [0.25, 0.3) is 5.69 Å². The van der Waals surface area contributed by atoms with Crippen LogP contribution in [-0.4, -0.2) is 28.2 Å². The molecule has 100 valence electrons. The second-order valence-electron chi connectivity index (χ2n) is 3.71. The summed E-state index contributed by atoms with van der Waals surface area (Å²) in [5.41, 5.74) is 1.33. The van der Waals surface area contributed by atoms with Crippen LogP contribution >= 0.6 is 11.6 Å². The quantitative estimate of drug-likeness (QED) is 0.857. The summed E-state index contributed by atoms with van der Waals surface area (Å²) in [6, 6.07) is 6.47. The van der Waals surface area contributed by atoms with Crippen molar-refractivity contribution >= 4 is 17.8 Å². The maximum atomic E-state index is 11.0. The molecular weight excluding hydrogens is 272 g/mol. The molecule has 0 aliphatic rings. The van der Waals surface area contributed by atoms with E-state index in [0.717, 1.165) is 5.56 Å². The molecule has 0 aliphatic carbocycles. The lowest BCUT2D eigenvalue weighted by molar-refractivity contribution is 0.119. The van der Waals surface area contributed by atoms with Gasteiger partial charge in [0.2, 0.25) is 11.8 Å². The van der Waals surface area contributed by atoms with E-state index < -0.39 is 6.16 Å². The van der Waals surface area contributed by atoms with Crippen LogP contribution in [0.3, 0.4) is 0 Å². The van der Waals surface area contributed by atoms with Crippen LogP contribution in [0.15, 0.2) is 24.3 Å². The summed E-state index contributed by atoms with van der Waals surface area (Å²) >= 11 is 6.07. The molecule has 2 rings (SSSR count). The molecule has 19 heavy (non-hydrogen) atoms. The van der Waals surface area contributed by atoms with Crippen LogP contribution in [0.1, 0.15) is 5.56 Å². The summed E-state index contributed by atoms with van der Waals surface area (Å²) in [6.07, 6.45) is -0.916. The molecule has 0 bridgehead atoms. The van der Waals surface area contributed by atoms with E-state index in [1.54, 1.807) is 12.1 Å². The van der Waals surface area contributed by atoms with Gasteiger partial charge in [-0.05, 0) is 18.6 Å². The Hall–Kier alpha value is -2.21. The minimum atomic E-state index is -0.916. The average Bonchev–Trinajstić information content (AvgIpc) is 2.70. The minimum absolute atomic E-state index is 0.0799. The molecular formula is C12H11ClN2O4. The first-order valence-electron chi connectivity index (χ1n) is 5.33. The Morgan fingerprint density at radius 2 is 2.21 bits per heavy atom. The third-order valence-electron chi connectivity index (χ3n) is 2.42. The summed E-state index contributed by atoms with van der Waals surface area (Å²) in [5.74, 6) is -0.279. The van der Waals surface area contributed by atoms with Crippen LogP contribution in [0.2, 0.25) is 5.02 Å². The van der Waals surface area contributed by atoms with Crippen molar-refractivity contribution in [3.8, 4) is 17.4 Å². The number of carbonyl (C=O) groups is 1. The molecule has 0 aliphatic heterocycles. The van der Waals surface area contributed by atoms with Gasteiger partial charge in [-0.25, -0.2) is 4.79 Å². The molecule has 6 nitrogen and oxygen atoms in total. The molecule has 1 aromatic carbocycles. The average molecular weight is 283 g/mol. The fraction of sp³-hybridized carbons (Fsp3) is 0.167. The van der Waals surface area contributed by atoms with E-state index in [9.17, 15) is 9.90 Å². The zero-order valence-electron chi connectivity index (χ0n) is 10.3. The Kier molecular flexibility index (Phi) is 3.62.